The van der Waals surface area contributed by atoms with E-state index in [4.69, 9.17) is 4.42 Å². The Bertz CT molecular complexity index is 1240. The summed E-state index contributed by atoms with van der Waals surface area (Å²) in [6.45, 7) is 3.89. The minimum atomic E-state index is -1.20. The van der Waals surface area contributed by atoms with Crippen molar-refractivity contribution in [3.63, 3.8) is 0 Å². The van der Waals surface area contributed by atoms with Gasteiger partial charge in [0.25, 0.3) is 0 Å². The van der Waals surface area contributed by atoms with Gasteiger partial charge in [-0.25, -0.2) is 4.79 Å². The molecule has 0 unspecified atom stereocenters. The van der Waals surface area contributed by atoms with Crippen LogP contribution >= 0.6 is 0 Å². The Kier molecular flexibility index (Phi) is 5.07. The van der Waals surface area contributed by atoms with Crippen LogP contribution in [0.15, 0.2) is 83.3 Å². The Morgan fingerprint density at radius 2 is 1.23 bits per heavy atom. The molecule has 4 heteroatoms. The lowest BCUT2D eigenvalue weighted by Gasteiger charge is -2.07. The third-order valence-corrected chi connectivity index (χ3v) is 5.19. The largest absolute Gasteiger partial charge is 0.478 e. The van der Waals surface area contributed by atoms with Crippen molar-refractivity contribution in [2.45, 2.75) is 13.8 Å². The molecular weight excluding hydrogens is 376 g/mol. The molecule has 148 valence electrons. The SMILES string of the molecule is Cc1ccc(C(=O)c2c(-c3ccccc3)oc(-c3ccccc3)c2C(=O)O)cc1C. The van der Waals surface area contributed by atoms with E-state index in [0.29, 0.717) is 16.7 Å². The first kappa shape index (κ1) is 19.4. The summed E-state index contributed by atoms with van der Waals surface area (Å²) >= 11 is 0. The van der Waals surface area contributed by atoms with Gasteiger partial charge in [0.2, 0.25) is 0 Å². The minimum Gasteiger partial charge on any atom is -0.478 e. The van der Waals surface area contributed by atoms with Crippen molar-refractivity contribution in [2.24, 2.45) is 0 Å². The Morgan fingerprint density at radius 1 is 0.700 bits per heavy atom. The maximum Gasteiger partial charge on any atom is 0.340 e. The van der Waals surface area contributed by atoms with E-state index in [2.05, 4.69) is 0 Å². The van der Waals surface area contributed by atoms with Crippen LogP contribution in [0.25, 0.3) is 22.6 Å². The minimum absolute atomic E-state index is 0.0656. The van der Waals surface area contributed by atoms with E-state index in [1.54, 1.807) is 48.5 Å². The number of aromatic carboxylic acids is 1. The van der Waals surface area contributed by atoms with E-state index in [0.717, 1.165) is 11.1 Å². The van der Waals surface area contributed by atoms with Crippen molar-refractivity contribution in [1.82, 2.24) is 0 Å². The van der Waals surface area contributed by atoms with Gasteiger partial charge in [0, 0.05) is 16.7 Å². The van der Waals surface area contributed by atoms with Crippen LogP contribution in [-0.2, 0) is 0 Å². The van der Waals surface area contributed by atoms with Gasteiger partial charge in [0.15, 0.2) is 5.78 Å². The second-order valence-corrected chi connectivity index (χ2v) is 7.18. The van der Waals surface area contributed by atoms with Crippen LogP contribution in [0.3, 0.4) is 0 Å². The number of aryl methyl sites for hydroxylation is 2. The Hall–Kier alpha value is -3.92. The van der Waals surface area contributed by atoms with Gasteiger partial charge in [-0.1, -0.05) is 72.8 Å². The van der Waals surface area contributed by atoms with Crippen LogP contribution in [0, 0.1) is 13.8 Å². The van der Waals surface area contributed by atoms with Gasteiger partial charge in [-0.3, -0.25) is 4.79 Å². The van der Waals surface area contributed by atoms with Crippen LogP contribution in [0.5, 0.6) is 0 Å². The lowest BCUT2D eigenvalue weighted by atomic mass is 9.93. The normalized spacial score (nSPS) is 10.7. The molecule has 1 aromatic heterocycles. The van der Waals surface area contributed by atoms with Crippen molar-refractivity contribution < 1.29 is 19.1 Å². The fraction of sp³-hybridized carbons (Fsp3) is 0.0769. The third-order valence-electron chi connectivity index (χ3n) is 5.19. The molecule has 1 heterocycles. The summed E-state index contributed by atoms with van der Waals surface area (Å²) in [6, 6.07) is 23.5. The van der Waals surface area contributed by atoms with Crippen molar-refractivity contribution in [2.75, 3.05) is 0 Å². The van der Waals surface area contributed by atoms with Crippen LogP contribution in [-0.4, -0.2) is 16.9 Å². The van der Waals surface area contributed by atoms with Crippen molar-refractivity contribution in [3.8, 4) is 22.6 Å². The predicted octanol–water partition coefficient (Wildman–Crippen LogP) is 6.16. The van der Waals surface area contributed by atoms with E-state index in [1.807, 2.05) is 44.2 Å². The lowest BCUT2D eigenvalue weighted by molar-refractivity contribution is 0.0693. The molecule has 0 amide bonds. The second-order valence-electron chi connectivity index (χ2n) is 7.18. The van der Waals surface area contributed by atoms with Gasteiger partial charge < -0.3 is 9.52 Å². The molecule has 0 aliphatic rings. The average Bonchev–Trinajstić information content (AvgIpc) is 3.17. The molecule has 0 bridgehead atoms. The average molecular weight is 396 g/mol. The highest BCUT2D eigenvalue weighted by molar-refractivity contribution is 6.19. The molecule has 0 aliphatic heterocycles. The molecule has 0 fully saturated rings. The fourth-order valence-corrected chi connectivity index (χ4v) is 3.46. The van der Waals surface area contributed by atoms with Crippen LogP contribution in [0.4, 0.5) is 0 Å². The van der Waals surface area contributed by atoms with Gasteiger partial charge in [0.1, 0.15) is 17.1 Å². The second kappa shape index (κ2) is 7.84. The van der Waals surface area contributed by atoms with Gasteiger partial charge >= 0.3 is 5.97 Å². The highest BCUT2D eigenvalue weighted by Crippen LogP contribution is 2.38. The van der Waals surface area contributed by atoms with E-state index in [1.165, 1.54) is 0 Å². The van der Waals surface area contributed by atoms with E-state index in [-0.39, 0.29) is 28.4 Å². The molecule has 0 saturated carbocycles. The van der Waals surface area contributed by atoms with E-state index < -0.39 is 5.97 Å². The zero-order valence-electron chi connectivity index (χ0n) is 16.7. The number of furan rings is 1. The van der Waals surface area contributed by atoms with Crippen LogP contribution < -0.4 is 0 Å². The number of carboxylic acid groups (broad SMARTS) is 1. The highest BCUT2D eigenvalue weighted by Gasteiger charge is 2.32. The predicted molar refractivity (Wildman–Crippen MR) is 116 cm³/mol. The third kappa shape index (κ3) is 3.44. The van der Waals surface area contributed by atoms with Gasteiger partial charge in [-0.2, -0.15) is 0 Å². The van der Waals surface area contributed by atoms with E-state index in [9.17, 15) is 14.7 Å². The number of ketones is 1. The van der Waals surface area contributed by atoms with Crippen LogP contribution in [0.2, 0.25) is 0 Å². The fourth-order valence-electron chi connectivity index (χ4n) is 3.46. The number of hydrogen-bond donors (Lipinski definition) is 1. The maximum atomic E-state index is 13.6. The summed E-state index contributed by atoms with van der Waals surface area (Å²) in [5.74, 6) is -1.14. The first-order valence-electron chi connectivity index (χ1n) is 9.60. The number of hydrogen-bond acceptors (Lipinski definition) is 3. The number of carboxylic acids is 1. The molecule has 0 atom stereocenters. The smallest absolute Gasteiger partial charge is 0.340 e. The molecule has 0 saturated heterocycles. The number of rotatable bonds is 5. The first-order valence-corrected chi connectivity index (χ1v) is 9.60. The van der Waals surface area contributed by atoms with Crippen molar-refractivity contribution in [3.05, 3.63) is 107 Å². The summed E-state index contributed by atoms with van der Waals surface area (Å²) in [4.78, 5) is 25.9. The topological polar surface area (TPSA) is 67.5 Å². The molecular formula is C26H20O4. The number of benzene rings is 3. The lowest BCUT2D eigenvalue weighted by Crippen LogP contribution is -2.10. The first-order chi connectivity index (χ1) is 14.5. The molecule has 3 aromatic carbocycles. The summed E-state index contributed by atoms with van der Waals surface area (Å²) in [5, 5.41) is 10.1. The zero-order chi connectivity index (χ0) is 21.3. The Balaban J connectivity index is 2.02. The standard InChI is InChI=1S/C26H20O4/c1-16-13-14-20(15-17(16)2)23(27)21-22(26(28)29)25(19-11-7-4-8-12-19)30-24(21)18-9-5-3-6-10-18/h3-15H,1-2H3,(H,28,29). The quantitative estimate of drug-likeness (QED) is 0.410. The highest BCUT2D eigenvalue weighted by atomic mass is 16.4. The Labute approximate surface area is 174 Å². The Morgan fingerprint density at radius 3 is 1.73 bits per heavy atom. The molecule has 4 nitrogen and oxygen atoms in total. The van der Waals surface area contributed by atoms with Gasteiger partial charge in [-0.15, -0.1) is 0 Å². The molecule has 0 aliphatic carbocycles. The zero-order valence-corrected chi connectivity index (χ0v) is 16.7. The monoisotopic (exact) mass is 396 g/mol. The summed E-state index contributed by atoms with van der Waals surface area (Å²) in [7, 11) is 0. The van der Waals surface area contributed by atoms with Gasteiger partial charge in [-0.05, 0) is 31.0 Å². The molecule has 0 spiro atoms. The van der Waals surface area contributed by atoms with Crippen molar-refractivity contribution >= 4 is 11.8 Å². The summed E-state index contributed by atoms with van der Waals surface area (Å²) in [5.41, 5.74) is 3.65. The number of carbonyl (C=O) groups is 2. The molecule has 0 radical (unpaired) electrons. The van der Waals surface area contributed by atoms with E-state index >= 15 is 0 Å². The molecule has 30 heavy (non-hydrogen) atoms. The van der Waals surface area contributed by atoms with Crippen LogP contribution in [0.1, 0.15) is 37.4 Å². The molecule has 4 rings (SSSR count). The van der Waals surface area contributed by atoms with Gasteiger partial charge in [0.05, 0.1) is 5.56 Å². The van der Waals surface area contributed by atoms with Crippen molar-refractivity contribution in [1.29, 1.82) is 0 Å². The molecule has 1 N–H and O–H groups in total. The maximum absolute atomic E-state index is 13.6. The number of carbonyl (C=O) groups excluding carboxylic acids is 1. The molecule has 4 aromatic rings. The summed E-state index contributed by atoms with van der Waals surface area (Å²) in [6.07, 6.45) is 0. The summed E-state index contributed by atoms with van der Waals surface area (Å²) < 4.78 is 6.07.